The number of hydrogen-bond acceptors (Lipinski definition) is 6. The lowest BCUT2D eigenvalue weighted by Crippen LogP contribution is -2.38. The van der Waals surface area contributed by atoms with E-state index < -0.39 is 11.2 Å². The summed E-state index contributed by atoms with van der Waals surface area (Å²) in [5.74, 6) is -0.723. The zero-order valence-corrected chi connectivity index (χ0v) is 16.8. The van der Waals surface area contributed by atoms with Crippen LogP contribution in [-0.2, 0) is 13.1 Å². The van der Waals surface area contributed by atoms with Crippen LogP contribution >= 0.6 is 22.7 Å². The summed E-state index contributed by atoms with van der Waals surface area (Å²) in [7, 11) is 0. The van der Waals surface area contributed by atoms with Crippen molar-refractivity contribution in [1.82, 2.24) is 19.3 Å². The number of fused-ring (bicyclic) bond motifs is 1. The molecule has 7 nitrogen and oxygen atoms in total. The third-order valence-electron chi connectivity index (χ3n) is 4.36. The van der Waals surface area contributed by atoms with E-state index >= 15 is 0 Å². The second kappa shape index (κ2) is 7.72. The van der Waals surface area contributed by atoms with E-state index in [9.17, 15) is 18.8 Å². The molecule has 0 aliphatic carbocycles. The number of amides is 1. The van der Waals surface area contributed by atoms with Crippen molar-refractivity contribution >= 4 is 33.4 Å². The van der Waals surface area contributed by atoms with Crippen LogP contribution in [0.2, 0.25) is 0 Å². The van der Waals surface area contributed by atoms with Gasteiger partial charge in [-0.05, 0) is 24.6 Å². The minimum Gasteiger partial charge on any atom is -0.347 e. The van der Waals surface area contributed by atoms with Gasteiger partial charge in [0, 0.05) is 29.9 Å². The minimum atomic E-state index is -0.514. The average Bonchev–Trinajstić information content (AvgIpc) is 3.39. The quantitative estimate of drug-likeness (QED) is 0.527. The van der Waals surface area contributed by atoms with E-state index in [0.717, 1.165) is 21.5 Å². The Hall–Kier alpha value is -3.11. The highest BCUT2D eigenvalue weighted by atomic mass is 32.1. The molecule has 0 aliphatic rings. The van der Waals surface area contributed by atoms with E-state index in [1.54, 1.807) is 30.6 Å². The molecule has 148 valence electrons. The zero-order chi connectivity index (χ0) is 20.5. The Kier molecular flexibility index (Phi) is 5.12. The largest absolute Gasteiger partial charge is 0.347 e. The van der Waals surface area contributed by atoms with Crippen LogP contribution in [0, 0.1) is 12.7 Å². The van der Waals surface area contributed by atoms with Gasteiger partial charge in [0.25, 0.3) is 11.5 Å². The van der Waals surface area contributed by atoms with Crippen molar-refractivity contribution in [2.45, 2.75) is 20.0 Å². The molecule has 0 saturated heterocycles. The molecule has 0 radical (unpaired) electrons. The number of carbonyl (C=O) groups excluding carboxylic acids is 1. The van der Waals surface area contributed by atoms with Gasteiger partial charge in [0.2, 0.25) is 0 Å². The Bertz CT molecular complexity index is 1300. The molecule has 29 heavy (non-hydrogen) atoms. The molecule has 1 N–H and O–H groups in total. The maximum Gasteiger partial charge on any atom is 0.336 e. The van der Waals surface area contributed by atoms with Gasteiger partial charge in [-0.3, -0.25) is 18.6 Å². The van der Waals surface area contributed by atoms with Crippen LogP contribution in [0.1, 0.15) is 25.8 Å². The lowest BCUT2D eigenvalue weighted by atomic mass is 10.2. The summed E-state index contributed by atoms with van der Waals surface area (Å²) < 4.78 is 15.4. The number of halogens is 1. The van der Waals surface area contributed by atoms with Gasteiger partial charge in [-0.15, -0.1) is 22.7 Å². The van der Waals surface area contributed by atoms with Crippen molar-refractivity contribution < 1.29 is 9.18 Å². The van der Waals surface area contributed by atoms with Crippen molar-refractivity contribution in [3.05, 3.63) is 89.7 Å². The summed E-state index contributed by atoms with van der Waals surface area (Å²) in [6.45, 7) is 1.94. The smallest absolute Gasteiger partial charge is 0.336 e. The summed E-state index contributed by atoms with van der Waals surface area (Å²) in [4.78, 5) is 42.8. The highest BCUT2D eigenvalue weighted by Gasteiger charge is 2.18. The second-order valence-electron chi connectivity index (χ2n) is 6.30. The fourth-order valence-corrected chi connectivity index (χ4v) is 4.45. The maximum atomic E-state index is 13.0. The predicted molar refractivity (Wildman–Crippen MR) is 109 cm³/mol. The molecule has 3 aromatic heterocycles. The fraction of sp³-hybridized carbons (Fsp3) is 0.158. The van der Waals surface area contributed by atoms with Crippen LogP contribution in [0.25, 0.3) is 4.83 Å². The zero-order valence-electron chi connectivity index (χ0n) is 15.2. The molecule has 4 rings (SSSR count). The molecule has 0 aliphatic heterocycles. The first kappa shape index (κ1) is 19.2. The Morgan fingerprint density at radius 3 is 2.69 bits per heavy atom. The average molecular weight is 430 g/mol. The summed E-state index contributed by atoms with van der Waals surface area (Å²) in [6, 6.07) is 5.81. The number of hydrogen-bond donors (Lipinski definition) is 1. The van der Waals surface area contributed by atoms with E-state index in [-0.39, 0.29) is 24.8 Å². The number of aromatic nitrogens is 3. The lowest BCUT2D eigenvalue weighted by Gasteiger charge is -2.05. The molecule has 1 amide bonds. The molecule has 0 spiro atoms. The molecular formula is C19H15FN4O3S2. The van der Waals surface area contributed by atoms with Gasteiger partial charge in [-0.2, -0.15) is 0 Å². The summed E-state index contributed by atoms with van der Waals surface area (Å²) >= 11 is 2.44. The van der Waals surface area contributed by atoms with Crippen molar-refractivity contribution in [3.8, 4) is 0 Å². The topological polar surface area (TPSA) is 85.5 Å². The first-order valence-electron chi connectivity index (χ1n) is 8.60. The summed E-state index contributed by atoms with van der Waals surface area (Å²) in [5, 5.41) is 5.17. The molecule has 0 bridgehead atoms. The second-order valence-corrected chi connectivity index (χ2v) is 8.31. The van der Waals surface area contributed by atoms with Gasteiger partial charge in [0.1, 0.15) is 20.5 Å². The maximum absolute atomic E-state index is 13.0. The van der Waals surface area contributed by atoms with Crippen molar-refractivity contribution in [3.63, 3.8) is 0 Å². The monoisotopic (exact) mass is 430 g/mol. The van der Waals surface area contributed by atoms with E-state index in [1.807, 2.05) is 0 Å². The van der Waals surface area contributed by atoms with Gasteiger partial charge in [0.05, 0.1) is 6.54 Å². The van der Waals surface area contributed by atoms with Gasteiger partial charge in [0.15, 0.2) is 0 Å². The minimum absolute atomic E-state index is 0.0844. The van der Waals surface area contributed by atoms with Crippen LogP contribution in [0.5, 0.6) is 0 Å². The van der Waals surface area contributed by atoms with E-state index in [0.29, 0.717) is 20.3 Å². The van der Waals surface area contributed by atoms with Gasteiger partial charge in [-0.1, -0.05) is 12.1 Å². The van der Waals surface area contributed by atoms with Crippen LogP contribution < -0.4 is 16.6 Å². The molecule has 0 unspecified atom stereocenters. The molecule has 1 aromatic carbocycles. The van der Waals surface area contributed by atoms with Gasteiger partial charge in [-0.25, -0.2) is 14.2 Å². The highest BCUT2D eigenvalue weighted by Crippen LogP contribution is 2.18. The lowest BCUT2D eigenvalue weighted by molar-refractivity contribution is 0.0954. The normalized spacial score (nSPS) is 11.1. The molecule has 10 heteroatoms. The Labute approximate surface area is 171 Å². The number of carbonyl (C=O) groups is 1. The summed E-state index contributed by atoms with van der Waals surface area (Å²) in [5.41, 5.74) is 0.228. The molecule has 3 heterocycles. The third kappa shape index (κ3) is 3.76. The van der Waals surface area contributed by atoms with Gasteiger partial charge >= 0.3 is 5.69 Å². The molecule has 0 atom stereocenters. The number of nitrogens with one attached hydrogen (secondary N) is 1. The van der Waals surface area contributed by atoms with Gasteiger partial charge < -0.3 is 5.32 Å². The standard InChI is InChI=1S/C19H15FN4O3S2/c1-11-17(26)23(10-15-21-6-7-28-15)19(27)24-9-14(29-18(11)24)16(25)22-8-12-2-4-13(20)5-3-12/h2-7,9H,8,10H2,1H3,(H,22,25). The Morgan fingerprint density at radius 1 is 1.24 bits per heavy atom. The van der Waals surface area contributed by atoms with Crippen molar-refractivity contribution in [2.75, 3.05) is 0 Å². The van der Waals surface area contributed by atoms with E-state index in [1.165, 1.54) is 34.1 Å². The molecular weight excluding hydrogens is 415 g/mol. The predicted octanol–water partition coefficient (Wildman–Crippen LogP) is 2.41. The number of rotatable bonds is 5. The SMILES string of the molecule is Cc1c(=O)n(Cc2nccs2)c(=O)n2cc(C(=O)NCc3ccc(F)cc3)sc12. The molecule has 0 fully saturated rings. The van der Waals surface area contributed by atoms with Crippen molar-refractivity contribution in [1.29, 1.82) is 0 Å². The number of aryl methyl sites for hydroxylation is 1. The van der Waals surface area contributed by atoms with Crippen LogP contribution in [0.3, 0.4) is 0 Å². The number of benzene rings is 1. The summed E-state index contributed by atoms with van der Waals surface area (Å²) in [6.07, 6.45) is 3.05. The van der Waals surface area contributed by atoms with Crippen LogP contribution in [0.15, 0.2) is 51.6 Å². The Balaban J connectivity index is 1.64. The van der Waals surface area contributed by atoms with Crippen molar-refractivity contribution in [2.24, 2.45) is 0 Å². The fourth-order valence-electron chi connectivity index (χ4n) is 2.85. The Morgan fingerprint density at radius 2 is 2.00 bits per heavy atom. The number of nitrogens with zero attached hydrogens (tertiary/aromatic N) is 3. The van der Waals surface area contributed by atoms with E-state index in [4.69, 9.17) is 0 Å². The van der Waals surface area contributed by atoms with Crippen LogP contribution in [-0.4, -0.2) is 19.9 Å². The molecule has 4 aromatic rings. The first-order valence-corrected chi connectivity index (χ1v) is 10.3. The van der Waals surface area contributed by atoms with E-state index in [2.05, 4.69) is 10.3 Å². The van der Waals surface area contributed by atoms with Crippen LogP contribution in [0.4, 0.5) is 4.39 Å². The molecule has 0 saturated carbocycles. The first-order chi connectivity index (χ1) is 13.9. The highest BCUT2D eigenvalue weighted by molar-refractivity contribution is 7.19. The third-order valence-corrected chi connectivity index (χ3v) is 6.33. The number of thiazole rings is 2.